The third-order valence-electron chi connectivity index (χ3n) is 3.71. The number of fused-ring (bicyclic) bond motifs is 1. The molecule has 1 heterocycles. The molecule has 0 unspecified atom stereocenters. The summed E-state index contributed by atoms with van der Waals surface area (Å²) in [7, 11) is 1.63. The van der Waals surface area contributed by atoms with E-state index in [-0.39, 0.29) is 22.1 Å². The molecule has 0 radical (unpaired) electrons. The first-order valence-electron chi connectivity index (χ1n) is 6.86. The number of hydrogen-bond donors (Lipinski definition) is 2. The molecule has 0 saturated carbocycles. The van der Waals surface area contributed by atoms with E-state index >= 15 is 0 Å². The Morgan fingerprint density at radius 2 is 2.04 bits per heavy atom. The fraction of sp³-hybridized carbons (Fsp3) is 0.125. The van der Waals surface area contributed by atoms with Crippen LogP contribution in [0.2, 0.25) is 5.02 Å². The van der Waals surface area contributed by atoms with E-state index in [9.17, 15) is 9.18 Å². The van der Waals surface area contributed by atoms with Gasteiger partial charge in [0.2, 0.25) is 0 Å². The minimum atomic E-state index is -0.498. The van der Waals surface area contributed by atoms with Crippen LogP contribution in [-0.2, 0) is 7.05 Å². The minimum absolute atomic E-state index is 0.117. The lowest BCUT2D eigenvalue weighted by Crippen LogP contribution is -2.19. The van der Waals surface area contributed by atoms with E-state index in [1.807, 2.05) is 6.92 Å². The molecule has 3 rings (SSSR count). The molecule has 5 nitrogen and oxygen atoms in total. The van der Waals surface area contributed by atoms with E-state index in [1.165, 1.54) is 16.7 Å². The van der Waals surface area contributed by atoms with Crippen LogP contribution in [0.3, 0.4) is 0 Å². The predicted octanol–water partition coefficient (Wildman–Crippen LogP) is 3.36. The summed E-state index contributed by atoms with van der Waals surface area (Å²) < 4.78 is 15.4. The molecular weight excluding hydrogens is 319 g/mol. The average Bonchev–Trinajstić information content (AvgIpc) is 2.52. The fourth-order valence-corrected chi connectivity index (χ4v) is 2.56. The molecule has 0 fully saturated rings. The van der Waals surface area contributed by atoms with Gasteiger partial charge in [0.15, 0.2) is 0 Å². The molecule has 0 amide bonds. The molecule has 118 valence electrons. The Balaban J connectivity index is 2.15. The van der Waals surface area contributed by atoms with Crippen LogP contribution in [0.5, 0.6) is 0 Å². The van der Waals surface area contributed by atoms with Gasteiger partial charge in [-0.05, 0) is 36.8 Å². The summed E-state index contributed by atoms with van der Waals surface area (Å²) >= 11 is 6.08. The normalized spacial score (nSPS) is 11.0. The van der Waals surface area contributed by atoms with Gasteiger partial charge in [0.05, 0.1) is 21.9 Å². The van der Waals surface area contributed by atoms with Gasteiger partial charge >= 0.3 is 5.69 Å². The maximum absolute atomic E-state index is 14.0. The first-order chi connectivity index (χ1) is 10.9. The molecule has 0 saturated heterocycles. The van der Waals surface area contributed by atoms with Crippen LogP contribution < -0.4 is 16.7 Å². The molecule has 0 aliphatic rings. The summed E-state index contributed by atoms with van der Waals surface area (Å²) in [6.07, 6.45) is 1.70. The molecule has 3 aromatic rings. The molecule has 0 aliphatic heterocycles. The average molecular weight is 333 g/mol. The van der Waals surface area contributed by atoms with Crippen molar-refractivity contribution < 1.29 is 4.39 Å². The van der Waals surface area contributed by atoms with Gasteiger partial charge in [0.1, 0.15) is 5.82 Å². The van der Waals surface area contributed by atoms with Gasteiger partial charge in [0.25, 0.3) is 0 Å². The van der Waals surface area contributed by atoms with Crippen LogP contribution in [0.15, 0.2) is 35.3 Å². The Labute approximate surface area is 136 Å². The number of aromatic nitrogens is 2. The summed E-state index contributed by atoms with van der Waals surface area (Å²) in [4.78, 5) is 15.6. The zero-order valence-corrected chi connectivity index (χ0v) is 13.3. The Kier molecular flexibility index (Phi) is 3.69. The number of aryl methyl sites for hydroxylation is 2. The third kappa shape index (κ3) is 2.61. The van der Waals surface area contributed by atoms with Crippen molar-refractivity contribution in [1.82, 2.24) is 9.55 Å². The Morgan fingerprint density at radius 1 is 1.30 bits per heavy atom. The maximum Gasteiger partial charge on any atom is 0.347 e. The van der Waals surface area contributed by atoms with Crippen LogP contribution in [0.1, 0.15) is 5.56 Å². The number of benzene rings is 2. The summed E-state index contributed by atoms with van der Waals surface area (Å²) in [5.41, 5.74) is 7.86. The highest BCUT2D eigenvalue weighted by Gasteiger charge is 2.13. The van der Waals surface area contributed by atoms with Gasteiger partial charge < -0.3 is 15.6 Å². The number of hydrogen-bond acceptors (Lipinski definition) is 4. The van der Waals surface area contributed by atoms with Crippen molar-refractivity contribution in [3.05, 3.63) is 57.3 Å². The topological polar surface area (TPSA) is 72.9 Å². The summed E-state index contributed by atoms with van der Waals surface area (Å²) in [6, 6.07) is 6.09. The van der Waals surface area contributed by atoms with Crippen molar-refractivity contribution in [1.29, 1.82) is 0 Å². The van der Waals surface area contributed by atoms with E-state index in [0.29, 0.717) is 11.2 Å². The van der Waals surface area contributed by atoms with Gasteiger partial charge in [-0.15, -0.1) is 0 Å². The van der Waals surface area contributed by atoms with Gasteiger partial charge in [-0.3, -0.25) is 0 Å². The van der Waals surface area contributed by atoms with Crippen molar-refractivity contribution in [2.75, 3.05) is 11.1 Å². The van der Waals surface area contributed by atoms with Crippen molar-refractivity contribution in [2.24, 2.45) is 7.05 Å². The highest BCUT2D eigenvalue weighted by atomic mass is 35.5. The molecule has 0 aliphatic carbocycles. The number of nitrogens with one attached hydrogen (secondary N) is 1. The molecule has 0 atom stereocenters. The van der Waals surface area contributed by atoms with Gasteiger partial charge in [-0.1, -0.05) is 11.6 Å². The molecule has 0 spiro atoms. The number of nitrogen functional groups attached to an aromatic ring is 1. The second-order valence-corrected chi connectivity index (χ2v) is 5.63. The maximum atomic E-state index is 14.0. The van der Waals surface area contributed by atoms with Crippen LogP contribution in [0, 0.1) is 12.7 Å². The fourth-order valence-electron chi connectivity index (χ4n) is 2.36. The zero-order valence-electron chi connectivity index (χ0n) is 12.5. The predicted molar refractivity (Wildman–Crippen MR) is 90.8 cm³/mol. The third-order valence-corrected chi connectivity index (χ3v) is 4.12. The molecular formula is C16H14ClFN4O. The number of rotatable bonds is 2. The molecule has 3 N–H and O–H groups in total. The van der Waals surface area contributed by atoms with E-state index in [1.54, 1.807) is 25.4 Å². The quantitative estimate of drug-likeness (QED) is 0.706. The summed E-state index contributed by atoms with van der Waals surface area (Å²) in [5, 5.41) is 3.89. The van der Waals surface area contributed by atoms with Gasteiger partial charge in [-0.25, -0.2) is 9.18 Å². The van der Waals surface area contributed by atoms with Crippen molar-refractivity contribution in [2.45, 2.75) is 6.92 Å². The first-order valence-corrected chi connectivity index (χ1v) is 7.24. The van der Waals surface area contributed by atoms with Crippen LogP contribution in [0.4, 0.5) is 21.5 Å². The number of halogens is 2. The van der Waals surface area contributed by atoms with Crippen LogP contribution >= 0.6 is 11.6 Å². The monoisotopic (exact) mass is 332 g/mol. The van der Waals surface area contributed by atoms with Crippen LogP contribution in [0.25, 0.3) is 10.9 Å². The van der Waals surface area contributed by atoms with Crippen molar-refractivity contribution in [3.63, 3.8) is 0 Å². The summed E-state index contributed by atoms with van der Waals surface area (Å²) in [6.45, 7) is 1.86. The second kappa shape index (κ2) is 5.55. The molecule has 0 bridgehead atoms. The van der Waals surface area contributed by atoms with Gasteiger partial charge in [0, 0.05) is 24.3 Å². The lowest BCUT2D eigenvalue weighted by Gasteiger charge is -2.14. The standard InChI is InChI=1S/C16H14ClFN4O/c1-8-9-7-22(2)16(23)21-13(9)6-5-12(8)20-15-10(18)3-4-11(19)14(15)17/h3-7,20H,19H2,1-2H3. The number of nitrogens with two attached hydrogens (primary N) is 1. The smallest absolute Gasteiger partial charge is 0.347 e. The minimum Gasteiger partial charge on any atom is -0.397 e. The zero-order chi connectivity index (χ0) is 16.7. The van der Waals surface area contributed by atoms with Crippen molar-refractivity contribution in [3.8, 4) is 0 Å². The Hall–Kier alpha value is -2.60. The Morgan fingerprint density at radius 3 is 2.78 bits per heavy atom. The van der Waals surface area contributed by atoms with Crippen molar-refractivity contribution >= 4 is 39.6 Å². The highest BCUT2D eigenvalue weighted by Crippen LogP contribution is 2.34. The number of anilines is 3. The SMILES string of the molecule is Cc1c(Nc2c(F)ccc(N)c2Cl)ccc2nc(=O)n(C)cc12. The summed E-state index contributed by atoms with van der Waals surface area (Å²) in [5.74, 6) is -0.498. The Bertz CT molecular complexity index is 984. The molecule has 7 heteroatoms. The molecule has 2 aromatic carbocycles. The lowest BCUT2D eigenvalue weighted by molar-refractivity contribution is 0.632. The van der Waals surface area contributed by atoms with E-state index < -0.39 is 5.82 Å². The van der Waals surface area contributed by atoms with Gasteiger partial charge in [-0.2, -0.15) is 4.98 Å². The van der Waals surface area contributed by atoms with Crippen LogP contribution in [-0.4, -0.2) is 9.55 Å². The first kappa shape index (κ1) is 15.3. The second-order valence-electron chi connectivity index (χ2n) is 5.26. The van der Waals surface area contributed by atoms with E-state index in [0.717, 1.165) is 10.9 Å². The van der Waals surface area contributed by atoms with E-state index in [2.05, 4.69) is 10.3 Å². The molecule has 23 heavy (non-hydrogen) atoms. The van der Waals surface area contributed by atoms with E-state index in [4.69, 9.17) is 17.3 Å². The largest absolute Gasteiger partial charge is 0.397 e. The number of nitrogens with zero attached hydrogens (tertiary/aromatic N) is 2. The highest BCUT2D eigenvalue weighted by molar-refractivity contribution is 6.35. The lowest BCUT2D eigenvalue weighted by atomic mass is 10.1. The molecule has 1 aromatic heterocycles.